The molecule has 1 unspecified atom stereocenters. The largest absolute Gasteiger partial charge is 0.465 e. The zero-order valence-corrected chi connectivity index (χ0v) is 20.2. The van der Waals surface area contributed by atoms with Gasteiger partial charge in [-0.2, -0.15) is 0 Å². The van der Waals surface area contributed by atoms with Crippen molar-refractivity contribution in [1.82, 2.24) is 15.5 Å². The number of hydrogen-bond donors (Lipinski definition) is 3. The molecule has 2 aromatic carbocycles. The Kier molecular flexibility index (Phi) is 7.20. The monoisotopic (exact) mass is 529 g/mol. The van der Waals surface area contributed by atoms with Crippen molar-refractivity contribution in [2.75, 3.05) is 0 Å². The van der Waals surface area contributed by atoms with Crippen molar-refractivity contribution in [3.05, 3.63) is 87.7 Å². The number of carboxylic acid groups (broad SMARTS) is 1. The molecule has 0 saturated carbocycles. The zero-order valence-electron chi connectivity index (χ0n) is 17.8. The van der Waals surface area contributed by atoms with E-state index in [1.165, 1.54) is 6.08 Å². The van der Waals surface area contributed by atoms with Crippen LogP contribution >= 0.6 is 35.4 Å². The van der Waals surface area contributed by atoms with Crippen LogP contribution in [0.25, 0.3) is 17.4 Å². The standard InChI is InChI=1S/C24H17Cl2N3O5S/c25-16-8-6-14(11-17(16)26)20-9-7-15(34-20)12-18-22(31)29(23(35)27-18)19(21(30)28-24(32)33)10-13-4-2-1-3-5-13/h1-9,11-12,19H,10H2,(H,27,35)(H,28,30)(H,32,33)/b18-12+. The molecule has 178 valence electrons. The number of nitrogens with zero attached hydrogens (tertiary/aromatic N) is 1. The first-order chi connectivity index (χ1) is 16.7. The molecule has 2 heterocycles. The molecule has 1 fully saturated rings. The van der Waals surface area contributed by atoms with Crippen LogP contribution in [0.3, 0.4) is 0 Å². The summed E-state index contributed by atoms with van der Waals surface area (Å²) < 4.78 is 5.81. The maximum absolute atomic E-state index is 13.2. The lowest BCUT2D eigenvalue weighted by atomic mass is 10.0. The fourth-order valence-electron chi connectivity index (χ4n) is 3.54. The molecule has 4 rings (SSSR count). The minimum Gasteiger partial charge on any atom is -0.465 e. The molecule has 0 radical (unpaired) electrons. The summed E-state index contributed by atoms with van der Waals surface area (Å²) in [6.45, 7) is 0. The number of nitrogens with one attached hydrogen (secondary N) is 2. The topological polar surface area (TPSA) is 112 Å². The van der Waals surface area contributed by atoms with E-state index < -0.39 is 23.9 Å². The van der Waals surface area contributed by atoms with Crippen LogP contribution < -0.4 is 10.6 Å². The average Bonchev–Trinajstić information content (AvgIpc) is 3.39. The zero-order chi connectivity index (χ0) is 25.1. The molecule has 1 aromatic heterocycles. The number of carbonyl (C=O) groups is 3. The van der Waals surface area contributed by atoms with Gasteiger partial charge in [0, 0.05) is 18.1 Å². The Labute approximate surface area is 215 Å². The number of hydrogen-bond acceptors (Lipinski definition) is 5. The van der Waals surface area contributed by atoms with Gasteiger partial charge in [-0.1, -0.05) is 53.5 Å². The molecule has 3 N–H and O–H groups in total. The lowest BCUT2D eigenvalue weighted by Crippen LogP contribution is -2.52. The second kappa shape index (κ2) is 10.3. The van der Waals surface area contributed by atoms with E-state index in [1.54, 1.807) is 60.7 Å². The van der Waals surface area contributed by atoms with Gasteiger partial charge in [-0.25, -0.2) is 4.79 Å². The van der Waals surface area contributed by atoms with Crippen molar-refractivity contribution >= 4 is 64.5 Å². The summed E-state index contributed by atoms with van der Waals surface area (Å²) in [6, 6.07) is 16.1. The van der Waals surface area contributed by atoms with Gasteiger partial charge in [-0.15, -0.1) is 0 Å². The van der Waals surface area contributed by atoms with Crippen LogP contribution in [0.1, 0.15) is 11.3 Å². The highest BCUT2D eigenvalue weighted by Crippen LogP contribution is 2.30. The van der Waals surface area contributed by atoms with Crippen molar-refractivity contribution in [2.45, 2.75) is 12.5 Å². The Morgan fingerprint density at radius 3 is 2.54 bits per heavy atom. The first-order valence-corrected chi connectivity index (χ1v) is 11.4. The summed E-state index contributed by atoms with van der Waals surface area (Å²) in [7, 11) is 0. The molecule has 0 spiro atoms. The number of furan rings is 1. The quantitative estimate of drug-likeness (QED) is 0.313. The van der Waals surface area contributed by atoms with E-state index in [9.17, 15) is 14.4 Å². The predicted octanol–water partition coefficient (Wildman–Crippen LogP) is 4.72. The van der Waals surface area contributed by atoms with E-state index in [2.05, 4.69) is 5.32 Å². The minimum absolute atomic E-state index is 0.0287. The van der Waals surface area contributed by atoms with Gasteiger partial charge in [0.05, 0.1) is 10.0 Å². The third-order valence-corrected chi connectivity index (χ3v) is 6.18. The fourth-order valence-corrected chi connectivity index (χ4v) is 4.15. The number of amides is 3. The van der Waals surface area contributed by atoms with Crippen LogP contribution in [0.5, 0.6) is 0 Å². The molecule has 1 saturated heterocycles. The summed E-state index contributed by atoms with van der Waals surface area (Å²) in [5.74, 6) is -0.617. The van der Waals surface area contributed by atoms with Gasteiger partial charge in [-0.05, 0) is 48.1 Å². The summed E-state index contributed by atoms with van der Waals surface area (Å²) in [5, 5.41) is 14.4. The van der Waals surface area contributed by atoms with E-state index >= 15 is 0 Å². The summed E-state index contributed by atoms with van der Waals surface area (Å²) in [5.41, 5.74) is 1.50. The normalized spacial score (nSPS) is 15.3. The summed E-state index contributed by atoms with van der Waals surface area (Å²) in [6.07, 6.45) is -0.0207. The molecule has 35 heavy (non-hydrogen) atoms. The third-order valence-electron chi connectivity index (χ3n) is 5.14. The van der Waals surface area contributed by atoms with Gasteiger partial charge < -0.3 is 14.8 Å². The fraction of sp³-hybridized carbons (Fsp3) is 0.0833. The van der Waals surface area contributed by atoms with E-state index in [4.69, 9.17) is 44.9 Å². The van der Waals surface area contributed by atoms with Gasteiger partial charge in [0.1, 0.15) is 23.3 Å². The van der Waals surface area contributed by atoms with Crippen molar-refractivity contribution in [3.8, 4) is 11.3 Å². The van der Waals surface area contributed by atoms with Gasteiger partial charge in [-0.3, -0.25) is 19.8 Å². The molecule has 3 aromatic rings. The minimum atomic E-state index is -1.53. The molecular weight excluding hydrogens is 513 g/mol. The SMILES string of the molecule is O=C(O)NC(=O)C(Cc1ccccc1)N1C(=O)/C(=C\c2ccc(-c3ccc(Cl)c(Cl)c3)o2)NC1=S. The number of imide groups is 1. The molecule has 3 amide bonds. The smallest absolute Gasteiger partial charge is 0.411 e. The van der Waals surface area contributed by atoms with Gasteiger partial charge in [0.15, 0.2) is 5.11 Å². The van der Waals surface area contributed by atoms with Crippen LogP contribution in [0.2, 0.25) is 10.0 Å². The maximum atomic E-state index is 13.2. The Hall–Kier alpha value is -3.66. The highest BCUT2D eigenvalue weighted by Gasteiger charge is 2.40. The molecule has 1 aliphatic heterocycles. The van der Waals surface area contributed by atoms with E-state index in [0.29, 0.717) is 27.1 Å². The van der Waals surface area contributed by atoms with E-state index in [1.807, 2.05) is 5.32 Å². The third kappa shape index (κ3) is 5.54. The lowest BCUT2D eigenvalue weighted by Gasteiger charge is -2.25. The van der Waals surface area contributed by atoms with Crippen molar-refractivity contribution in [1.29, 1.82) is 0 Å². The maximum Gasteiger partial charge on any atom is 0.411 e. The van der Waals surface area contributed by atoms with Crippen LogP contribution in [0.4, 0.5) is 4.79 Å². The lowest BCUT2D eigenvalue weighted by molar-refractivity contribution is -0.132. The van der Waals surface area contributed by atoms with Crippen LogP contribution in [-0.2, 0) is 16.0 Å². The molecule has 11 heteroatoms. The summed E-state index contributed by atoms with van der Waals surface area (Å²) in [4.78, 5) is 38.0. The van der Waals surface area contributed by atoms with Crippen LogP contribution in [0, 0.1) is 0 Å². The van der Waals surface area contributed by atoms with Crippen molar-refractivity contribution < 1.29 is 23.9 Å². The molecule has 1 aliphatic rings. The van der Waals surface area contributed by atoms with Gasteiger partial charge in [0.2, 0.25) is 0 Å². The Morgan fingerprint density at radius 2 is 1.86 bits per heavy atom. The molecule has 0 aliphatic carbocycles. The van der Waals surface area contributed by atoms with E-state index in [0.717, 1.165) is 10.5 Å². The Balaban J connectivity index is 1.60. The number of benzene rings is 2. The first-order valence-electron chi connectivity index (χ1n) is 10.2. The number of halogens is 2. The molecule has 1 atom stereocenters. The predicted molar refractivity (Wildman–Crippen MR) is 135 cm³/mol. The van der Waals surface area contributed by atoms with Crippen LogP contribution in [-0.4, -0.2) is 39.1 Å². The highest BCUT2D eigenvalue weighted by atomic mass is 35.5. The van der Waals surface area contributed by atoms with Gasteiger partial charge in [0.25, 0.3) is 11.8 Å². The highest BCUT2D eigenvalue weighted by molar-refractivity contribution is 7.80. The second-order valence-corrected chi connectivity index (χ2v) is 8.70. The van der Waals surface area contributed by atoms with E-state index in [-0.39, 0.29) is 17.2 Å². The molecular formula is C24H17Cl2N3O5S. The van der Waals surface area contributed by atoms with Crippen molar-refractivity contribution in [2.24, 2.45) is 0 Å². The Morgan fingerprint density at radius 1 is 1.11 bits per heavy atom. The molecule has 8 nitrogen and oxygen atoms in total. The Bertz CT molecular complexity index is 1360. The second-order valence-electron chi connectivity index (χ2n) is 7.49. The number of rotatable bonds is 6. The summed E-state index contributed by atoms with van der Waals surface area (Å²) >= 11 is 17.3. The average molecular weight is 530 g/mol. The first kappa shape index (κ1) is 24.5. The van der Waals surface area contributed by atoms with Gasteiger partial charge >= 0.3 is 6.09 Å². The molecule has 0 bridgehead atoms. The van der Waals surface area contributed by atoms with Crippen molar-refractivity contribution in [3.63, 3.8) is 0 Å². The number of thiocarbonyl (C=S) groups is 1. The number of carbonyl (C=O) groups excluding carboxylic acids is 2. The van der Waals surface area contributed by atoms with Crippen LogP contribution in [0.15, 0.2) is 70.8 Å².